The lowest BCUT2D eigenvalue weighted by Gasteiger charge is -2.17. The first kappa shape index (κ1) is 22.9. The van der Waals surface area contributed by atoms with Crippen LogP contribution in [0.15, 0.2) is 53.4 Å². The molecular weight excluding hydrogens is 482 g/mol. The van der Waals surface area contributed by atoms with Crippen molar-refractivity contribution in [2.45, 2.75) is 26.7 Å². The predicted octanol–water partition coefficient (Wildman–Crippen LogP) is 4.63. The van der Waals surface area contributed by atoms with Gasteiger partial charge in [-0.05, 0) is 48.9 Å². The Morgan fingerprint density at radius 2 is 1.86 bits per heavy atom. The van der Waals surface area contributed by atoms with Gasteiger partial charge in [-0.1, -0.05) is 30.3 Å². The lowest BCUT2D eigenvalue weighted by molar-refractivity contribution is -0.135. The summed E-state index contributed by atoms with van der Waals surface area (Å²) < 4.78 is 0. The van der Waals surface area contributed by atoms with Crippen molar-refractivity contribution in [1.82, 2.24) is 15.0 Å². The number of thiophene rings is 2. The standard InChI is InChI=1S/C25H21N5O3S2/c1-12-11-18(31)30(25(12)33)29-23-19-14(3)20(16-8-6-15(7-9-16)13(2)21(26)32)35-24(19)28-22(27-23)17-5-4-10-34-17/h4-11,13H,1-3H3,(H2,26,32)(H,27,28,29). The second kappa shape index (κ2) is 8.71. The first-order chi connectivity index (χ1) is 16.7. The van der Waals surface area contributed by atoms with E-state index in [1.165, 1.54) is 28.7 Å². The van der Waals surface area contributed by atoms with Gasteiger partial charge in [0.15, 0.2) is 11.6 Å². The Morgan fingerprint density at radius 1 is 1.11 bits per heavy atom. The van der Waals surface area contributed by atoms with E-state index in [9.17, 15) is 14.4 Å². The maximum Gasteiger partial charge on any atom is 0.275 e. The minimum Gasteiger partial charge on any atom is -0.369 e. The third kappa shape index (κ3) is 4.00. The fourth-order valence-electron chi connectivity index (χ4n) is 3.90. The van der Waals surface area contributed by atoms with Crippen molar-refractivity contribution in [3.63, 3.8) is 0 Å². The Morgan fingerprint density at radius 3 is 2.46 bits per heavy atom. The molecule has 4 aromatic rings. The molecular formula is C25H21N5O3S2. The molecule has 1 atom stereocenters. The zero-order valence-corrected chi connectivity index (χ0v) is 20.8. The second-order valence-electron chi connectivity index (χ2n) is 8.27. The molecule has 0 bridgehead atoms. The zero-order valence-electron chi connectivity index (χ0n) is 19.2. The lowest BCUT2D eigenvalue weighted by atomic mass is 9.98. The van der Waals surface area contributed by atoms with Crippen molar-refractivity contribution in [2.75, 3.05) is 5.43 Å². The molecule has 1 unspecified atom stereocenters. The van der Waals surface area contributed by atoms with Gasteiger partial charge < -0.3 is 5.73 Å². The molecule has 35 heavy (non-hydrogen) atoms. The number of rotatable bonds is 6. The van der Waals surface area contributed by atoms with Gasteiger partial charge in [-0.3, -0.25) is 19.8 Å². The van der Waals surface area contributed by atoms with Gasteiger partial charge in [0.05, 0.1) is 16.2 Å². The number of amides is 3. The smallest absolute Gasteiger partial charge is 0.275 e. The van der Waals surface area contributed by atoms with Crippen LogP contribution in [0.2, 0.25) is 0 Å². The maximum atomic E-state index is 12.5. The number of carbonyl (C=O) groups is 3. The zero-order chi connectivity index (χ0) is 24.9. The van der Waals surface area contributed by atoms with E-state index < -0.39 is 11.8 Å². The first-order valence-electron chi connectivity index (χ1n) is 10.8. The van der Waals surface area contributed by atoms with Gasteiger partial charge in [0.1, 0.15) is 4.83 Å². The number of aromatic nitrogens is 2. The highest BCUT2D eigenvalue weighted by atomic mass is 32.1. The molecule has 3 amide bonds. The summed E-state index contributed by atoms with van der Waals surface area (Å²) in [4.78, 5) is 48.5. The number of aryl methyl sites for hydroxylation is 1. The summed E-state index contributed by atoms with van der Waals surface area (Å²) in [6.45, 7) is 5.34. The van der Waals surface area contributed by atoms with Crippen molar-refractivity contribution in [1.29, 1.82) is 0 Å². The Hall–Kier alpha value is -3.89. The summed E-state index contributed by atoms with van der Waals surface area (Å²) >= 11 is 3.01. The van der Waals surface area contributed by atoms with Crippen LogP contribution in [0.5, 0.6) is 0 Å². The van der Waals surface area contributed by atoms with E-state index in [-0.39, 0.29) is 11.8 Å². The third-order valence-electron chi connectivity index (χ3n) is 5.95. The Kier molecular flexibility index (Phi) is 5.70. The SMILES string of the molecule is CC1=CC(=O)N(Nc2nc(-c3cccs3)nc3sc(-c4ccc(C(C)C(N)=O)cc4)c(C)c23)C1=O. The number of nitrogens with one attached hydrogen (secondary N) is 1. The monoisotopic (exact) mass is 503 g/mol. The van der Waals surface area contributed by atoms with Gasteiger partial charge in [0.25, 0.3) is 11.8 Å². The van der Waals surface area contributed by atoms with E-state index in [2.05, 4.69) is 5.43 Å². The van der Waals surface area contributed by atoms with Gasteiger partial charge in [0, 0.05) is 16.5 Å². The van der Waals surface area contributed by atoms with Gasteiger partial charge in [-0.2, -0.15) is 5.01 Å². The molecule has 176 valence electrons. The van der Waals surface area contributed by atoms with Crippen LogP contribution in [0.3, 0.4) is 0 Å². The number of nitrogens with two attached hydrogens (primary N) is 1. The van der Waals surface area contributed by atoms with Crippen molar-refractivity contribution >= 4 is 56.4 Å². The molecule has 3 N–H and O–H groups in total. The molecule has 8 nitrogen and oxygen atoms in total. The summed E-state index contributed by atoms with van der Waals surface area (Å²) in [5.74, 6) is -0.705. The number of anilines is 1. The summed E-state index contributed by atoms with van der Waals surface area (Å²) in [6, 6.07) is 11.5. The topological polar surface area (TPSA) is 118 Å². The van der Waals surface area contributed by atoms with Gasteiger partial charge >= 0.3 is 0 Å². The molecule has 1 aliphatic rings. The number of hydrogen-bond acceptors (Lipinski definition) is 8. The molecule has 1 aliphatic heterocycles. The normalized spacial score (nSPS) is 14.5. The van der Waals surface area contributed by atoms with Crippen LogP contribution in [0.1, 0.15) is 30.9 Å². The van der Waals surface area contributed by atoms with Crippen LogP contribution in [-0.2, 0) is 14.4 Å². The summed E-state index contributed by atoms with van der Waals surface area (Å²) in [7, 11) is 0. The highest BCUT2D eigenvalue weighted by Gasteiger charge is 2.30. The summed E-state index contributed by atoms with van der Waals surface area (Å²) in [5, 5.41) is 3.66. The highest BCUT2D eigenvalue weighted by molar-refractivity contribution is 7.22. The molecule has 0 fully saturated rings. The van der Waals surface area contributed by atoms with Crippen molar-refractivity contribution in [3.05, 3.63) is 64.6 Å². The Bertz CT molecular complexity index is 1520. The van der Waals surface area contributed by atoms with Gasteiger partial charge in [0.2, 0.25) is 5.91 Å². The Balaban J connectivity index is 1.63. The van der Waals surface area contributed by atoms with E-state index >= 15 is 0 Å². The van der Waals surface area contributed by atoms with Crippen LogP contribution in [-0.4, -0.2) is 32.7 Å². The van der Waals surface area contributed by atoms with Crippen LogP contribution < -0.4 is 11.2 Å². The summed E-state index contributed by atoms with van der Waals surface area (Å²) in [6.07, 6.45) is 1.30. The number of hydrogen-bond donors (Lipinski definition) is 2. The van der Waals surface area contributed by atoms with Crippen molar-refractivity contribution in [2.24, 2.45) is 5.73 Å². The number of nitrogens with zero attached hydrogens (tertiary/aromatic N) is 3. The van der Waals surface area contributed by atoms with Crippen molar-refractivity contribution in [3.8, 4) is 21.1 Å². The van der Waals surface area contributed by atoms with E-state index in [0.29, 0.717) is 17.2 Å². The van der Waals surface area contributed by atoms with Crippen LogP contribution >= 0.6 is 22.7 Å². The fourth-order valence-corrected chi connectivity index (χ4v) is 5.74. The number of carbonyl (C=O) groups excluding carboxylic acids is 3. The number of fused-ring (bicyclic) bond motifs is 1. The Labute approximate surface area is 209 Å². The van der Waals surface area contributed by atoms with E-state index in [4.69, 9.17) is 15.7 Å². The van der Waals surface area contributed by atoms with Crippen LogP contribution in [0.4, 0.5) is 5.82 Å². The van der Waals surface area contributed by atoms with Gasteiger partial charge in [-0.15, -0.1) is 22.7 Å². The summed E-state index contributed by atoms with van der Waals surface area (Å²) in [5.41, 5.74) is 11.5. The minimum atomic E-state index is -0.441. The van der Waals surface area contributed by atoms with Gasteiger partial charge in [-0.25, -0.2) is 9.97 Å². The molecule has 4 heterocycles. The minimum absolute atomic E-state index is 0.360. The number of benzene rings is 1. The molecule has 0 aliphatic carbocycles. The van der Waals surface area contributed by atoms with E-state index in [0.717, 1.165) is 41.7 Å². The maximum absolute atomic E-state index is 12.5. The molecule has 3 aromatic heterocycles. The first-order valence-corrected chi connectivity index (χ1v) is 12.5. The highest BCUT2D eigenvalue weighted by Crippen LogP contribution is 2.41. The molecule has 5 rings (SSSR count). The number of imide groups is 1. The van der Waals surface area contributed by atoms with Crippen LogP contribution in [0, 0.1) is 6.92 Å². The molecule has 10 heteroatoms. The quantitative estimate of drug-likeness (QED) is 0.371. The second-order valence-corrected chi connectivity index (χ2v) is 10.2. The number of primary amides is 1. The average molecular weight is 504 g/mol. The lowest BCUT2D eigenvalue weighted by Crippen LogP contribution is -2.36. The third-order valence-corrected chi connectivity index (χ3v) is 8.05. The molecule has 0 radical (unpaired) electrons. The largest absolute Gasteiger partial charge is 0.369 e. The van der Waals surface area contributed by atoms with Crippen molar-refractivity contribution < 1.29 is 14.4 Å². The van der Waals surface area contributed by atoms with E-state index in [1.807, 2.05) is 48.7 Å². The number of hydrazine groups is 1. The fraction of sp³-hybridized carbons (Fsp3) is 0.160. The molecule has 0 saturated carbocycles. The van der Waals surface area contributed by atoms with Crippen LogP contribution in [0.25, 0.3) is 31.4 Å². The van der Waals surface area contributed by atoms with E-state index in [1.54, 1.807) is 13.8 Å². The average Bonchev–Trinajstić information content (AvgIpc) is 3.55. The predicted molar refractivity (Wildman–Crippen MR) is 138 cm³/mol. The molecule has 0 spiro atoms. The molecule has 0 saturated heterocycles. The molecule has 1 aromatic carbocycles.